The molecule has 5 heteroatoms. The molecule has 0 aromatic carbocycles. The van der Waals surface area contributed by atoms with Crippen molar-refractivity contribution in [3.8, 4) is 0 Å². The van der Waals surface area contributed by atoms with Gasteiger partial charge in [-0.3, -0.25) is 4.90 Å². The Labute approximate surface area is 76.3 Å². The van der Waals surface area contributed by atoms with Gasteiger partial charge in [0.2, 0.25) is 0 Å². The predicted octanol–water partition coefficient (Wildman–Crippen LogP) is 0.0884. The van der Waals surface area contributed by atoms with Crippen LogP contribution in [-0.4, -0.2) is 36.6 Å². The summed E-state index contributed by atoms with van der Waals surface area (Å²) in [6.07, 6.45) is 0. The number of nitrogens with one attached hydrogen (secondary N) is 1. The Morgan fingerprint density at radius 1 is 1.77 bits per heavy atom. The second kappa shape index (κ2) is 3.93. The van der Waals surface area contributed by atoms with E-state index in [9.17, 15) is 9.59 Å². The number of urea groups is 1. The van der Waals surface area contributed by atoms with Crippen LogP contribution in [0, 0.1) is 0 Å². The molecule has 0 aliphatic carbocycles. The Balaban J connectivity index is 2.56. The fraction of sp³-hybridized carbons (Fsp3) is 0.500. The lowest BCUT2D eigenvalue weighted by Gasteiger charge is -2.14. The molecular weight excluding hydrogens is 172 g/mol. The average Bonchev–Trinajstić information content (AvgIpc) is 2.50. The minimum Gasteiger partial charge on any atom is -0.461 e. The lowest BCUT2D eigenvalue weighted by molar-refractivity contribution is -0.139. The molecule has 0 saturated carbocycles. The van der Waals surface area contributed by atoms with Crippen molar-refractivity contribution < 1.29 is 14.3 Å². The van der Waals surface area contributed by atoms with E-state index in [0.29, 0.717) is 13.1 Å². The number of rotatable bonds is 3. The van der Waals surface area contributed by atoms with E-state index in [4.69, 9.17) is 4.74 Å². The molecule has 1 aliphatic rings. The maximum Gasteiger partial charge on any atom is 0.354 e. The number of amides is 2. The van der Waals surface area contributed by atoms with Crippen molar-refractivity contribution in [1.82, 2.24) is 10.2 Å². The lowest BCUT2D eigenvalue weighted by atomic mass is 10.4. The van der Waals surface area contributed by atoms with Crippen LogP contribution in [0.25, 0.3) is 0 Å². The van der Waals surface area contributed by atoms with E-state index in [1.54, 1.807) is 6.92 Å². The topological polar surface area (TPSA) is 58.6 Å². The van der Waals surface area contributed by atoms with Gasteiger partial charge in [-0.25, -0.2) is 9.59 Å². The van der Waals surface area contributed by atoms with Crippen LogP contribution < -0.4 is 5.32 Å². The summed E-state index contributed by atoms with van der Waals surface area (Å²) < 4.78 is 4.70. The van der Waals surface area contributed by atoms with Crippen LogP contribution in [0.15, 0.2) is 12.3 Å². The zero-order valence-electron chi connectivity index (χ0n) is 7.50. The summed E-state index contributed by atoms with van der Waals surface area (Å²) in [7, 11) is 0. The second-order valence-electron chi connectivity index (χ2n) is 2.55. The first-order chi connectivity index (χ1) is 6.16. The number of esters is 1. The number of hydrogen-bond donors (Lipinski definition) is 1. The van der Waals surface area contributed by atoms with Gasteiger partial charge < -0.3 is 10.1 Å². The van der Waals surface area contributed by atoms with Gasteiger partial charge in [0.1, 0.15) is 5.70 Å². The van der Waals surface area contributed by atoms with Gasteiger partial charge in [-0.15, -0.1) is 0 Å². The van der Waals surface area contributed by atoms with Gasteiger partial charge in [0.25, 0.3) is 0 Å². The minimum absolute atomic E-state index is 0.0943. The molecule has 1 fully saturated rings. The van der Waals surface area contributed by atoms with Crippen LogP contribution in [0.4, 0.5) is 4.79 Å². The van der Waals surface area contributed by atoms with Crippen LogP contribution in [0.3, 0.4) is 0 Å². The van der Waals surface area contributed by atoms with Crippen molar-refractivity contribution >= 4 is 12.0 Å². The molecule has 0 bridgehead atoms. The molecule has 2 amide bonds. The Morgan fingerprint density at radius 2 is 2.46 bits per heavy atom. The molecule has 1 aliphatic heterocycles. The summed E-state index contributed by atoms with van der Waals surface area (Å²) in [5, 5.41) is 2.57. The number of carbonyl (C=O) groups is 2. The standard InChI is InChI=1S/C8H12N2O3/c1-3-13-7(11)6(2)10-5-4-9-8(10)12/h2-5H2,1H3,(H,9,12). The van der Waals surface area contributed by atoms with E-state index in [2.05, 4.69) is 11.9 Å². The van der Waals surface area contributed by atoms with Crippen LogP contribution >= 0.6 is 0 Å². The van der Waals surface area contributed by atoms with Crippen molar-refractivity contribution in [3.05, 3.63) is 12.3 Å². The predicted molar refractivity (Wildman–Crippen MR) is 45.9 cm³/mol. The molecule has 1 N–H and O–H groups in total. The molecule has 0 aromatic heterocycles. The maximum atomic E-state index is 11.1. The molecule has 1 saturated heterocycles. The van der Waals surface area contributed by atoms with Gasteiger partial charge in [0.15, 0.2) is 0 Å². The van der Waals surface area contributed by atoms with Gasteiger partial charge in [-0.1, -0.05) is 6.58 Å². The quantitative estimate of drug-likeness (QED) is 0.499. The number of hydrogen-bond acceptors (Lipinski definition) is 3. The van der Waals surface area contributed by atoms with E-state index < -0.39 is 5.97 Å². The van der Waals surface area contributed by atoms with Crippen molar-refractivity contribution in [2.45, 2.75) is 6.92 Å². The van der Waals surface area contributed by atoms with Crippen molar-refractivity contribution in [2.24, 2.45) is 0 Å². The van der Waals surface area contributed by atoms with Crippen LogP contribution in [0.5, 0.6) is 0 Å². The highest BCUT2D eigenvalue weighted by Gasteiger charge is 2.26. The Bertz CT molecular complexity index is 250. The third kappa shape index (κ3) is 1.99. The van der Waals surface area contributed by atoms with Crippen LogP contribution in [0.1, 0.15) is 6.92 Å². The molecular formula is C8H12N2O3. The van der Waals surface area contributed by atoms with Gasteiger partial charge >= 0.3 is 12.0 Å². The van der Waals surface area contributed by atoms with Crippen molar-refractivity contribution in [1.29, 1.82) is 0 Å². The highest BCUT2D eigenvalue weighted by atomic mass is 16.5. The molecule has 0 radical (unpaired) electrons. The molecule has 13 heavy (non-hydrogen) atoms. The molecule has 0 spiro atoms. The highest BCUT2D eigenvalue weighted by Crippen LogP contribution is 2.07. The SMILES string of the molecule is C=C(C(=O)OCC)N1CCNC1=O. The number of ether oxygens (including phenoxy) is 1. The fourth-order valence-electron chi connectivity index (χ4n) is 1.05. The average molecular weight is 184 g/mol. The zero-order chi connectivity index (χ0) is 9.84. The van der Waals surface area contributed by atoms with Gasteiger partial charge in [-0.05, 0) is 6.92 Å². The van der Waals surface area contributed by atoms with Crippen molar-refractivity contribution in [2.75, 3.05) is 19.7 Å². The van der Waals surface area contributed by atoms with E-state index >= 15 is 0 Å². The van der Waals surface area contributed by atoms with Crippen molar-refractivity contribution in [3.63, 3.8) is 0 Å². The third-order valence-electron chi connectivity index (χ3n) is 1.69. The smallest absolute Gasteiger partial charge is 0.354 e. The molecule has 5 nitrogen and oxygen atoms in total. The summed E-state index contributed by atoms with van der Waals surface area (Å²) in [6.45, 7) is 6.49. The second-order valence-corrected chi connectivity index (χ2v) is 2.55. The zero-order valence-corrected chi connectivity index (χ0v) is 7.50. The highest BCUT2D eigenvalue weighted by molar-refractivity contribution is 5.93. The van der Waals surface area contributed by atoms with E-state index in [-0.39, 0.29) is 18.3 Å². The summed E-state index contributed by atoms with van der Waals surface area (Å²) in [5.74, 6) is -0.542. The number of nitrogens with zero attached hydrogens (tertiary/aromatic N) is 1. The monoisotopic (exact) mass is 184 g/mol. The molecule has 1 rings (SSSR count). The molecule has 0 unspecified atom stereocenters. The molecule has 0 atom stereocenters. The van der Waals surface area contributed by atoms with E-state index in [1.807, 2.05) is 0 Å². The largest absolute Gasteiger partial charge is 0.461 e. The molecule has 1 heterocycles. The normalized spacial score (nSPS) is 15.5. The number of carbonyl (C=O) groups excluding carboxylic acids is 2. The first kappa shape index (κ1) is 9.57. The lowest BCUT2D eigenvalue weighted by Crippen LogP contribution is -2.31. The molecule has 72 valence electrons. The summed E-state index contributed by atoms with van der Waals surface area (Å²) in [6, 6.07) is -0.293. The van der Waals surface area contributed by atoms with Crippen LogP contribution in [-0.2, 0) is 9.53 Å². The summed E-state index contributed by atoms with van der Waals surface area (Å²) in [5.41, 5.74) is 0.0943. The minimum atomic E-state index is -0.542. The first-order valence-corrected chi connectivity index (χ1v) is 4.08. The Morgan fingerprint density at radius 3 is 2.92 bits per heavy atom. The van der Waals surface area contributed by atoms with Gasteiger partial charge in [0.05, 0.1) is 6.61 Å². The Kier molecular flexibility index (Phi) is 2.89. The van der Waals surface area contributed by atoms with E-state index in [0.717, 1.165) is 0 Å². The Hall–Kier alpha value is -1.52. The maximum absolute atomic E-state index is 11.1. The molecule has 0 aromatic rings. The fourth-order valence-corrected chi connectivity index (χ4v) is 1.05. The van der Waals surface area contributed by atoms with Gasteiger partial charge in [-0.2, -0.15) is 0 Å². The third-order valence-corrected chi connectivity index (χ3v) is 1.69. The first-order valence-electron chi connectivity index (χ1n) is 4.08. The van der Waals surface area contributed by atoms with E-state index in [1.165, 1.54) is 4.90 Å². The van der Waals surface area contributed by atoms with Gasteiger partial charge in [0, 0.05) is 13.1 Å². The van der Waals surface area contributed by atoms with Crippen LogP contribution in [0.2, 0.25) is 0 Å². The summed E-state index contributed by atoms with van der Waals surface area (Å²) >= 11 is 0. The summed E-state index contributed by atoms with van der Waals surface area (Å²) in [4.78, 5) is 23.5.